The first-order valence-electron chi connectivity index (χ1n) is 3.41. The first-order valence-corrected chi connectivity index (χ1v) is 3.82. The van der Waals surface area contributed by atoms with Gasteiger partial charge in [0.2, 0.25) is 0 Å². The molecule has 0 spiro atoms. The van der Waals surface area contributed by atoms with Gasteiger partial charge in [-0.1, -0.05) is 0 Å². The fraction of sp³-hybridized carbons (Fsp3) is 0.625. The second-order valence-corrected chi connectivity index (χ2v) is 3.18. The molecule has 0 saturated heterocycles. The summed E-state index contributed by atoms with van der Waals surface area (Å²) in [6.45, 7) is 2.35. The molecule has 0 aliphatic heterocycles. The van der Waals surface area contributed by atoms with Gasteiger partial charge in [0, 0.05) is 0 Å². The highest BCUT2D eigenvalue weighted by molar-refractivity contribution is 7.78. The summed E-state index contributed by atoms with van der Waals surface area (Å²) < 4.78 is 0.789. The molecule has 12 heavy (non-hydrogen) atoms. The summed E-state index contributed by atoms with van der Waals surface area (Å²) in [6.07, 6.45) is 5.19. The van der Waals surface area contributed by atoms with Crippen LogP contribution in [0.25, 0.3) is 0 Å². The number of quaternary nitrogens is 1. The van der Waals surface area contributed by atoms with E-state index in [1.54, 1.807) is 0 Å². The molecule has 0 bridgehead atoms. The van der Waals surface area contributed by atoms with Crippen molar-refractivity contribution in [2.45, 2.75) is 0 Å². The Bertz CT molecular complexity index is 202. The van der Waals surface area contributed by atoms with Gasteiger partial charge < -0.3 is 21.5 Å². The average Bonchev–Trinajstić information content (AvgIpc) is 1.87. The smallest absolute Gasteiger partial charge is 0.140 e. The maximum atomic E-state index is 5.19. The largest absolute Gasteiger partial charge is 1.00 e. The topological polar surface area (TPSA) is 12.4 Å². The normalized spacial score (nSPS) is 9.08. The van der Waals surface area contributed by atoms with Gasteiger partial charge in [0.15, 0.2) is 0 Å². The molecule has 0 amide bonds. The van der Waals surface area contributed by atoms with Gasteiger partial charge in [-0.25, -0.2) is 4.99 Å². The quantitative estimate of drug-likeness (QED) is 0.238. The van der Waals surface area contributed by atoms with Crippen molar-refractivity contribution in [2.75, 3.05) is 33.7 Å². The number of likely N-dealkylation sites (N-methyl/N-ethyl adjacent to an activating group) is 1. The van der Waals surface area contributed by atoms with Crippen LogP contribution in [0.15, 0.2) is 4.99 Å². The molecule has 0 rings (SSSR count). The van der Waals surface area contributed by atoms with Crippen LogP contribution in [0.4, 0.5) is 0 Å². The number of rotatable bonds is 4. The van der Waals surface area contributed by atoms with Crippen LogP contribution in [0.3, 0.4) is 0 Å². The highest BCUT2D eigenvalue weighted by Gasteiger charge is 2.10. The van der Waals surface area contributed by atoms with Crippen LogP contribution in [0.2, 0.25) is 0 Å². The fourth-order valence-corrected chi connectivity index (χ4v) is 0.784. The third-order valence-corrected chi connectivity index (χ3v) is 1.53. The monoisotopic (exact) mass is 248 g/mol. The standard InChI is InChI=1S/C8H13N2S.BrH/c1-4-6-10(2,3)7-5-9-8-11;/h1H,5-7H2,2-3H3;1H/q+1;/p-1. The lowest BCUT2D eigenvalue weighted by Crippen LogP contribution is -3.00. The van der Waals surface area contributed by atoms with Crippen LogP contribution >= 0.6 is 12.2 Å². The minimum Gasteiger partial charge on any atom is -1.00 e. The summed E-state index contributed by atoms with van der Waals surface area (Å²) in [6, 6.07) is 0. The molecule has 0 heterocycles. The van der Waals surface area contributed by atoms with Crippen LogP contribution in [-0.2, 0) is 0 Å². The summed E-state index contributed by atoms with van der Waals surface area (Å²) in [5.74, 6) is 2.62. The minimum absolute atomic E-state index is 0. The predicted molar refractivity (Wildman–Crippen MR) is 50.6 cm³/mol. The van der Waals surface area contributed by atoms with Crippen molar-refractivity contribution < 1.29 is 21.5 Å². The van der Waals surface area contributed by atoms with Gasteiger partial charge in [-0.05, 0) is 18.1 Å². The van der Waals surface area contributed by atoms with Crippen molar-refractivity contribution in [3.05, 3.63) is 0 Å². The van der Waals surface area contributed by atoms with Gasteiger partial charge in [0.25, 0.3) is 0 Å². The zero-order valence-corrected chi connectivity index (χ0v) is 9.78. The van der Waals surface area contributed by atoms with Gasteiger partial charge in [-0.2, -0.15) is 0 Å². The molecule has 0 aromatic rings. The molecular formula is C8H13BrN2S. The Balaban J connectivity index is 0. The molecule has 0 unspecified atom stereocenters. The Morgan fingerprint density at radius 3 is 2.50 bits per heavy atom. The lowest BCUT2D eigenvalue weighted by molar-refractivity contribution is -0.881. The molecule has 0 fully saturated rings. The number of thiocarbonyl (C=S) groups is 1. The highest BCUT2D eigenvalue weighted by Crippen LogP contribution is 1.93. The number of isothiocyanates is 1. The van der Waals surface area contributed by atoms with Crippen LogP contribution in [0.5, 0.6) is 0 Å². The lowest BCUT2D eigenvalue weighted by Gasteiger charge is -2.26. The van der Waals surface area contributed by atoms with E-state index in [4.69, 9.17) is 6.42 Å². The van der Waals surface area contributed by atoms with Crippen molar-refractivity contribution in [1.29, 1.82) is 0 Å². The van der Waals surface area contributed by atoms with E-state index in [9.17, 15) is 0 Å². The zero-order valence-electron chi connectivity index (χ0n) is 7.38. The summed E-state index contributed by atoms with van der Waals surface area (Å²) in [5.41, 5.74) is 0. The highest BCUT2D eigenvalue weighted by atomic mass is 79.9. The third kappa shape index (κ3) is 7.90. The van der Waals surface area contributed by atoms with E-state index in [1.165, 1.54) is 0 Å². The molecule has 4 heteroatoms. The Hall–Kier alpha value is -0.200. The number of nitrogens with zero attached hydrogens (tertiary/aromatic N) is 2. The Morgan fingerprint density at radius 1 is 1.50 bits per heavy atom. The molecule has 2 nitrogen and oxygen atoms in total. The second-order valence-electron chi connectivity index (χ2n) is 2.99. The van der Waals surface area contributed by atoms with E-state index >= 15 is 0 Å². The SMILES string of the molecule is C#CC[N+](C)(C)CCN=C=S.[Br-]. The van der Waals surface area contributed by atoms with E-state index in [-0.39, 0.29) is 17.0 Å². The first-order chi connectivity index (χ1) is 5.12. The predicted octanol–water partition coefficient (Wildman–Crippen LogP) is -2.20. The van der Waals surface area contributed by atoms with E-state index in [0.717, 1.165) is 17.6 Å². The van der Waals surface area contributed by atoms with Crippen molar-refractivity contribution in [3.8, 4) is 12.3 Å². The Labute approximate surface area is 90.0 Å². The van der Waals surface area contributed by atoms with Gasteiger partial charge >= 0.3 is 0 Å². The molecule has 0 radical (unpaired) electrons. The number of hydrogen-bond acceptors (Lipinski definition) is 2. The molecule has 0 atom stereocenters. The number of halogens is 1. The molecule has 0 aliphatic rings. The molecule has 0 saturated carbocycles. The summed E-state index contributed by atoms with van der Waals surface area (Å²) in [5, 5.41) is 2.33. The van der Waals surface area contributed by atoms with Gasteiger partial charge in [-0.3, -0.25) is 0 Å². The Kier molecular flexibility index (Phi) is 8.90. The molecule has 68 valence electrons. The van der Waals surface area contributed by atoms with Crippen molar-refractivity contribution in [3.63, 3.8) is 0 Å². The number of terminal acetylenes is 1. The van der Waals surface area contributed by atoms with E-state index in [1.807, 2.05) is 0 Å². The summed E-state index contributed by atoms with van der Waals surface area (Å²) >= 11 is 4.44. The van der Waals surface area contributed by atoms with Gasteiger partial charge in [-0.15, -0.1) is 6.42 Å². The Morgan fingerprint density at radius 2 is 2.08 bits per heavy atom. The van der Waals surface area contributed by atoms with Gasteiger partial charge in [0.05, 0.1) is 32.3 Å². The van der Waals surface area contributed by atoms with Gasteiger partial charge in [0.1, 0.15) is 6.54 Å². The zero-order chi connectivity index (χ0) is 8.74. The second kappa shape index (κ2) is 7.45. The fourth-order valence-electron chi connectivity index (χ4n) is 0.693. The minimum atomic E-state index is 0. The molecular weight excluding hydrogens is 236 g/mol. The van der Waals surface area contributed by atoms with Crippen molar-refractivity contribution in [2.24, 2.45) is 4.99 Å². The first kappa shape index (κ1) is 14.3. The van der Waals surface area contributed by atoms with E-state index in [2.05, 4.69) is 42.4 Å². The summed E-state index contributed by atoms with van der Waals surface area (Å²) in [7, 11) is 4.14. The maximum Gasteiger partial charge on any atom is 0.140 e. The average molecular weight is 249 g/mol. The van der Waals surface area contributed by atoms with Crippen molar-refractivity contribution >= 4 is 17.4 Å². The number of hydrogen-bond donors (Lipinski definition) is 0. The van der Waals surface area contributed by atoms with Crippen LogP contribution in [0, 0.1) is 12.3 Å². The lowest BCUT2D eigenvalue weighted by atomic mass is 10.4. The van der Waals surface area contributed by atoms with E-state index < -0.39 is 0 Å². The van der Waals surface area contributed by atoms with Crippen molar-refractivity contribution in [1.82, 2.24) is 0 Å². The molecule has 0 aromatic heterocycles. The molecule has 0 N–H and O–H groups in total. The number of aliphatic imine (C=N–C) groups is 1. The van der Waals surface area contributed by atoms with Crippen LogP contribution in [0.1, 0.15) is 0 Å². The van der Waals surface area contributed by atoms with Crippen LogP contribution in [-0.4, -0.2) is 43.4 Å². The molecule has 0 aliphatic carbocycles. The molecule has 0 aromatic carbocycles. The summed E-state index contributed by atoms with van der Waals surface area (Å²) in [4.78, 5) is 3.82. The van der Waals surface area contributed by atoms with Crippen LogP contribution < -0.4 is 17.0 Å². The van der Waals surface area contributed by atoms with E-state index in [0.29, 0.717) is 6.54 Å². The third-order valence-electron chi connectivity index (χ3n) is 1.40. The maximum absolute atomic E-state index is 5.19.